The fourth-order valence-corrected chi connectivity index (χ4v) is 3.09. The predicted octanol–water partition coefficient (Wildman–Crippen LogP) is 1.50. The highest BCUT2D eigenvalue weighted by molar-refractivity contribution is 5.80. The second kappa shape index (κ2) is 6.53. The van der Waals surface area contributed by atoms with Crippen molar-refractivity contribution in [2.45, 2.75) is 51.2 Å². The maximum absolute atomic E-state index is 12.0. The van der Waals surface area contributed by atoms with Gasteiger partial charge in [-0.2, -0.15) is 0 Å². The lowest BCUT2D eigenvalue weighted by Crippen LogP contribution is -2.50. The molecule has 2 rings (SSSR count). The fraction of sp³-hybridized carbons (Fsp3) is 0.929. The maximum Gasteiger partial charge on any atom is 0.251 e. The van der Waals surface area contributed by atoms with Crippen LogP contribution in [-0.2, 0) is 9.53 Å². The Kier molecular flexibility index (Phi) is 5.01. The monoisotopic (exact) mass is 254 g/mol. The van der Waals surface area contributed by atoms with Crippen molar-refractivity contribution in [1.29, 1.82) is 0 Å². The quantitative estimate of drug-likeness (QED) is 0.765. The standard InChI is InChI=1S/C14H26N2O2/c1-12(18-2)14(17)16-10-6-13(7-11-16)15-8-4-3-5-9-15/h12-13H,3-11H2,1-2H3. The van der Waals surface area contributed by atoms with Gasteiger partial charge in [-0.05, 0) is 45.7 Å². The van der Waals surface area contributed by atoms with Crippen LogP contribution in [-0.4, -0.2) is 61.1 Å². The van der Waals surface area contributed by atoms with Crippen LogP contribution >= 0.6 is 0 Å². The minimum absolute atomic E-state index is 0.148. The van der Waals surface area contributed by atoms with Gasteiger partial charge in [0, 0.05) is 26.2 Å². The fourth-order valence-electron chi connectivity index (χ4n) is 3.09. The van der Waals surface area contributed by atoms with Crippen LogP contribution in [0.5, 0.6) is 0 Å². The van der Waals surface area contributed by atoms with Crippen molar-refractivity contribution in [3.8, 4) is 0 Å². The smallest absolute Gasteiger partial charge is 0.251 e. The highest BCUT2D eigenvalue weighted by atomic mass is 16.5. The van der Waals surface area contributed by atoms with E-state index in [-0.39, 0.29) is 12.0 Å². The first kappa shape index (κ1) is 13.8. The molecule has 1 unspecified atom stereocenters. The van der Waals surface area contributed by atoms with E-state index in [4.69, 9.17) is 4.74 Å². The number of hydrogen-bond donors (Lipinski definition) is 0. The molecule has 18 heavy (non-hydrogen) atoms. The number of carbonyl (C=O) groups excluding carboxylic acids is 1. The lowest BCUT2D eigenvalue weighted by atomic mass is 9.99. The molecule has 2 aliphatic rings. The lowest BCUT2D eigenvalue weighted by Gasteiger charge is -2.40. The molecule has 104 valence electrons. The van der Waals surface area contributed by atoms with Gasteiger partial charge in [0.25, 0.3) is 5.91 Å². The van der Waals surface area contributed by atoms with Gasteiger partial charge in [-0.15, -0.1) is 0 Å². The summed E-state index contributed by atoms with van der Waals surface area (Å²) in [5.74, 6) is 0.148. The Morgan fingerprint density at radius 3 is 2.28 bits per heavy atom. The van der Waals surface area contributed by atoms with Crippen molar-refractivity contribution in [3.05, 3.63) is 0 Å². The van der Waals surface area contributed by atoms with Crippen LogP contribution in [0.1, 0.15) is 39.0 Å². The van der Waals surface area contributed by atoms with E-state index in [0.29, 0.717) is 6.04 Å². The number of nitrogens with zero attached hydrogens (tertiary/aromatic N) is 2. The number of ether oxygens (including phenoxy) is 1. The second-order valence-electron chi connectivity index (χ2n) is 5.53. The molecule has 0 radical (unpaired) electrons. The van der Waals surface area contributed by atoms with Crippen LogP contribution in [0.2, 0.25) is 0 Å². The predicted molar refractivity (Wildman–Crippen MR) is 71.5 cm³/mol. The van der Waals surface area contributed by atoms with Crippen molar-refractivity contribution >= 4 is 5.91 Å². The van der Waals surface area contributed by atoms with E-state index in [1.54, 1.807) is 7.11 Å². The van der Waals surface area contributed by atoms with E-state index in [1.165, 1.54) is 32.4 Å². The third-order valence-electron chi connectivity index (χ3n) is 4.38. The molecule has 0 aromatic rings. The summed E-state index contributed by atoms with van der Waals surface area (Å²) in [5.41, 5.74) is 0. The van der Waals surface area contributed by atoms with Gasteiger partial charge < -0.3 is 14.5 Å². The van der Waals surface area contributed by atoms with E-state index < -0.39 is 0 Å². The summed E-state index contributed by atoms with van der Waals surface area (Å²) < 4.78 is 5.11. The third kappa shape index (κ3) is 3.23. The minimum Gasteiger partial charge on any atom is -0.372 e. The molecule has 2 aliphatic heterocycles. The zero-order valence-corrected chi connectivity index (χ0v) is 11.7. The topological polar surface area (TPSA) is 32.8 Å². The first-order valence-electron chi connectivity index (χ1n) is 7.28. The van der Waals surface area contributed by atoms with Gasteiger partial charge in [0.1, 0.15) is 6.10 Å². The Bertz CT molecular complexity index is 269. The summed E-state index contributed by atoms with van der Waals surface area (Å²) in [5, 5.41) is 0. The van der Waals surface area contributed by atoms with E-state index >= 15 is 0 Å². The molecule has 4 nitrogen and oxygen atoms in total. The summed E-state index contributed by atoms with van der Waals surface area (Å²) in [4.78, 5) is 16.6. The number of amides is 1. The van der Waals surface area contributed by atoms with Crippen LogP contribution in [0.25, 0.3) is 0 Å². The summed E-state index contributed by atoms with van der Waals surface area (Å²) in [6.07, 6.45) is 6.04. The zero-order valence-electron chi connectivity index (χ0n) is 11.7. The first-order chi connectivity index (χ1) is 8.72. The normalized spacial score (nSPS) is 25.1. The Morgan fingerprint density at radius 1 is 1.11 bits per heavy atom. The molecule has 2 fully saturated rings. The number of likely N-dealkylation sites (tertiary alicyclic amines) is 2. The molecule has 0 aromatic heterocycles. The van der Waals surface area contributed by atoms with Crippen LogP contribution in [0.3, 0.4) is 0 Å². The van der Waals surface area contributed by atoms with Crippen LogP contribution in [0.4, 0.5) is 0 Å². The highest BCUT2D eigenvalue weighted by Gasteiger charge is 2.29. The van der Waals surface area contributed by atoms with E-state index in [9.17, 15) is 4.79 Å². The molecule has 0 N–H and O–H groups in total. The molecule has 1 atom stereocenters. The van der Waals surface area contributed by atoms with Crippen LogP contribution < -0.4 is 0 Å². The molecule has 0 aliphatic carbocycles. The first-order valence-corrected chi connectivity index (χ1v) is 7.28. The van der Waals surface area contributed by atoms with Gasteiger partial charge in [-0.25, -0.2) is 0 Å². The van der Waals surface area contributed by atoms with Gasteiger partial charge in [0.2, 0.25) is 0 Å². The van der Waals surface area contributed by atoms with Gasteiger partial charge in [0.05, 0.1) is 0 Å². The van der Waals surface area contributed by atoms with Crippen molar-refractivity contribution in [2.24, 2.45) is 0 Å². The molecule has 2 saturated heterocycles. The summed E-state index contributed by atoms with van der Waals surface area (Å²) in [6, 6.07) is 0.701. The third-order valence-corrected chi connectivity index (χ3v) is 4.38. The van der Waals surface area contributed by atoms with Crippen LogP contribution in [0.15, 0.2) is 0 Å². The molecular formula is C14H26N2O2. The number of piperidine rings is 2. The highest BCUT2D eigenvalue weighted by Crippen LogP contribution is 2.21. The Morgan fingerprint density at radius 2 is 1.72 bits per heavy atom. The lowest BCUT2D eigenvalue weighted by molar-refractivity contribution is -0.142. The van der Waals surface area contributed by atoms with E-state index in [2.05, 4.69) is 4.90 Å². The second-order valence-corrected chi connectivity index (χ2v) is 5.53. The van der Waals surface area contributed by atoms with Gasteiger partial charge in [-0.3, -0.25) is 4.79 Å². The van der Waals surface area contributed by atoms with E-state index in [1.807, 2.05) is 11.8 Å². The molecule has 1 amide bonds. The molecule has 0 bridgehead atoms. The van der Waals surface area contributed by atoms with Gasteiger partial charge in [0.15, 0.2) is 0 Å². The Labute approximate surface area is 110 Å². The van der Waals surface area contributed by atoms with Gasteiger partial charge in [-0.1, -0.05) is 6.42 Å². The SMILES string of the molecule is COC(C)C(=O)N1CCC(N2CCCCC2)CC1. The Hall–Kier alpha value is -0.610. The number of rotatable bonds is 3. The van der Waals surface area contributed by atoms with Crippen molar-refractivity contribution in [3.63, 3.8) is 0 Å². The summed E-state index contributed by atoms with van der Waals surface area (Å²) in [7, 11) is 1.60. The number of hydrogen-bond acceptors (Lipinski definition) is 3. The van der Waals surface area contributed by atoms with E-state index in [0.717, 1.165) is 25.9 Å². The van der Waals surface area contributed by atoms with Crippen molar-refractivity contribution < 1.29 is 9.53 Å². The number of carbonyl (C=O) groups is 1. The average Bonchev–Trinajstić information content (AvgIpc) is 2.47. The minimum atomic E-state index is -0.295. The molecular weight excluding hydrogens is 228 g/mol. The molecule has 0 spiro atoms. The molecule has 0 saturated carbocycles. The van der Waals surface area contributed by atoms with Crippen LogP contribution in [0, 0.1) is 0 Å². The summed E-state index contributed by atoms with van der Waals surface area (Å²) in [6.45, 7) is 6.14. The largest absolute Gasteiger partial charge is 0.372 e. The van der Waals surface area contributed by atoms with Gasteiger partial charge >= 0.3 is 0 Å². The number of methoxy groups -OCH3 is 1. The van der Waals surface area contributed by atoms with Crippen molar-refractivity contribution in [2.75, 3.05) is 33.3 Å². The Balaban J connectivity index is 1.78. The molecule has 2 heterocycles. The van der Waals surface area contributed by atoms with Crippen molar-refractivity contribution in [1.82, 2.24) is 9.80 Å². The molecule has 0 aromatic carbocycles. The summed E-state index contributed by atoms with van der Waals surface area (Å²) >= 11 is 0. The zero-order chi connectivity index (χ0) is 13.0. The molecule has 4 heteroatoms. The maximum atomic E-state index is 12.0. The average molecular weight is 254 g/mol.